The number of carbonyl (C=O) groups excluding carboxylic acids is 2. The Morgan fingerprint density at radius 3 is 2.56 bits per heavy atom. The molecule has 6 nitrogen and oxygen atoms in total. The van der Waals surface area contributed by atoms with Crippen LogP contribution in [-0.4, -0.2) is 28.5 Å². The van der Waals surface area contributed by atoms with E-state index in [4.69, 9.17) is 4.52 Å². The second-order valence-electron chi connectivity index (χ2n) is 6.01. The number of aromatic nitrogens is 1. The van der Waals surface area contributed by atoms with Crippen molar-refractivity contribution in [1.82, 2.24) is 10.5 Å². The highest BCUT2D eigenvalue weighted by atomic mass is 32.2. The van der Waals surface area contributed by atoms with Crippen LogP contribution in [0, 0.1) is 20.8 Å². The number of hydrogen-bond acceptors (Lipinski definition) is 5. The van der Waals surface area contributed by atoms with Gasteiger partial charge in [-0.3, -0.25) is 9.59 Å². The van der Waals surface area contributed by atoms with E-state index in [-0.39, 0.29) is 29.4 Å². The summed E-state index contributed by atoms with van der Waals surface area (Å²) in [6.07, 6.45) is 0. The van der Waals surface area contributed by atoms with Gasteiger partial charge in [-0.1, -0.05) is 28.9 Å². The number of thioether (sulfide) groups is 1. The van der Waals surface area contributed by atoms with E-state index in [9.17, 15) is 9.59 Å². The quantitative estimate of drug-likeness (QED) is 0.791. The molecule has 0 fully saturated rings. The van der Waals surface area contributed by atoms with Crippen molar-refractivity contribution < 1.29 is 14.1 Å². The molecule has 2 N–H and O–H groups in total. The summed E-state index contributed by atoms with van der Waals surface area (Å²) in [5, 5.41) is 9.28. The van der Waals surface area contributed by atoms with Crippen LogP contribution >= 0.6 is 11.8 Å². The molecule has 0 saturated heterocycles. The van der Waals surface area contributed by atoms with Gasteiger partial charge < -0.3 is 15.2 Å². The van der Waals surface area contributed by atoms with Crippen molar-refractivity contribution in [2.24, 2.45) is 0 Å². The second kappa shape index (κ2) is 8.71. The number of anilines is 1. The highest BCUT2D eigenvalue weighted by Gasteiger charge is 2.13. The number of hydrogen-bond donors (Lipinski definition) is 2. The zero-order chi connectivity index (χ0) is 18.4. The van der Waals surface area contributed by atoms with Gasteiger partial charge in [0.1, 0.15) is 5.76 Å². The molecule has 0 aliphatic carbocycles. The first-order valence-electron chi connectivity index (χ1n) is 8.02. The lowest BCUT2D eigenvalue weighted by atomic mass is 10.00. The number of nitrogens with one attached hydrogen (secondary N) is 2. The van der Waals surface area contributed by atoms with Gasteiger partial charge in [-0.15, -0.1) is 11.8 Å². The van der Waals surface area contributed by atoms with Gasteiger partial charge >= 0.3 is 0 Å². The zero-order valence-electron chi connectivity index (χ0n) is 14.9. The first-order chi connectivity index (χ1) is 11.8. The fourth-order valence-corrected chi connectivity index (χ4v) is 3.06. The molecule has 2 amide bonds. The topological polar surface area (TPSA) is 84.2 Å². The van der Waals surface area contributed by atoms with Gasteiger partial charge in [0.15, 0.2) is 5.82 Å². The van der Waals surface area contributed by atoms with Crippen LogP contribution in [0.2, 0.25) is 0 Å². The van der Waals surface area contributed by atoms with Gasteiger partial charge in [-0.2, -0.15) is 0 Å². The van der Waals surface area contributed by atoms with Gasteiger partial charge in [-0.05, 0) is 38.8 Å². The molecule has 1 atom stereocenters. The van der Waals surface area contributed by atoms with Crippen LogP contribution in [0.25, 0.3) is 0 Å². The smallest absolute Gasteiger partial charge is 0.235 e. The Kier molecular flexibility index (Phi) is 6.64. The summed E-state index contributed by atoms with van der Waals surface area (Å²) >= 11 is 1.26. The third kappa shape index (κ3) is 5.94. The van der Waals surface area contributed by atoms with Crippen LogP contribution in [0.3, 0.4) is 0 Å². The van der Waals surface area contributed by atoms with Crippen LogP contribution in [0.15, 0.2) is 28.8 Å². The summed E-state index contributed by atoms with van der Waals surface area (Å²) in [5.41, 5.74) is 3.42. The SMILES string of the molecule is Cc1ccc(C)c(C(C)NC(=O)CSCC(=O)Nc2cc(C)on2)c1. The molecule has 0 aliphatic heterocycles. The maximum Gasteiger partial charge on any atom is 0.235 e. The van der Waals surface area contributed by atoms with Crippen LogP contribution < -0.4 is 10.6 Å². The minimum atomic E-state index is -0.214. The summed E-state index contributed by atoms with van der Waals surface area (Å²) in [5.74, 6) is 1.11. The van der Waals surface area contributed by atoms with Crippen LogP contribution in [0.5, 0.6) is 0 Å². The number of carbonyl (C=O) groups is 2. The molecule has 2 aromatic rings. The summed E-state index contributed by atoms with van der Waals surface area (Å²) in [7, 11) is 0. The first-order valence-corrected chi connectivity index (χ1v) is 9.18. The van der Waals surface area contributed by atoms with Gasteiger partial charge in [0.25, 0.3) is 0 Å². The van der Waals surface area contributed by atoms with E-state index in [0.29, 0.717) is 11.6 Å². The standard InChI is InChI=1S/C18H23N3O3S/c1-11-5-6-12(2)15(7-11)14(4)19-17(22)9-25-10-18(23)20-16-8-13(3)24-21-16/h5-8,14H,9-10H2,1-4H3,(H,19,22)(H,20,21,23). The van der Waals surface area contributed by atoms with Crippen LogP contribution in [0.1, 0.15) is 35.4 Å². The molecule has 0 saturated carbocycles. The number of nitrogens with zero attached hydrogens (tertiary/aromatic N) is 1. The zero-order valence-corrected chi connectivity index (χ0v) is 15.7. The van der Waals surface area contributed by atoms with E-state index in [1.165, 1.54) is 11.8 Å². The molecule has 0 radical (unpaired) electrons. The molecule has 25 heavy (non-hydrogen) atoms. The minimum absolute atomic E-state index is 0.0695. The second-order valence-corrected chi connectivity index (χ2v) is 7.00. The van der Waals surface area contributed by atoms with Gasteiger partial charge in [0.05, 0.1) is 17.5 Å². The van der Waals surface area contributed by atoms with E-state index < -0.39 is 0 Å². The summed E-state index contributed by atoms with van der Waals surface area (Å²) < 4.78 is 4.88. The van der Waals surface area contributed by atoms with Gasteiger partial charge in [-0.25, -0.2) is 0 Å². The lowest BCUT2D eigenvalue weighted by molar-refractivity contribution is -0.119. The fourth-order valence-electron chi connectivity index (χ4n) is 2.43. The van der Waals surface area contributed by atoms with Crippen molar-refractivity contribution >= 4 is 29.4 Å². The van der Waals surface area contributed by atoms with Gasteiger partial charge in [0, 0.05) is 6.07 Å². The van der Waals surface area contributed by atoms with E-state index >= 15 is 0 Å². The monoisotopic (exact) mass is 361 g/mol. The lowest BCUT2D eigenvalue weighted by Gasteiger charge is -2.17. The van der Waals surface area contributed by atoms with Crippen molar-refractivity contribution in [1.29, 1.82) is 0 Å². The highest BCUT2D eigenvalue weighted by Crippen LogP contribution is 2.19. The Morgan fingerprint density at radius 2 is 1.88 bits per heavy atom. The van der Waals surface area contributed by atoms with E-state index in [1.54, 1.807) is 13.0 Å². The lowest BCUT2D eigenvalue weighted by Crippen LogP contribution is -2.29. The van der Waals surface area contributed by atoms with E-state index in [0.717, 1.165) is 16.7 Å². The molecule has 1 aromatic heterocycles. The third-order valence-corrected chi connectivity index (χ3v) is 4.57. The average molecular weight is 361 g/mol. The molecular formula is C18H23N3O3S. The highest BCUT2D eigenvalue weighted by molar-refractivity contribution is 8.00. The Hall–Kier alpha value is -2.28. The normalized spacial score (nSPS) is 11.8. The summed E-state index contributed by atoms with van der Waals surface area (Å²) in [6.45, 7) is 7.77. The Bertz CT molecular complexity index is 758. The molecule has 0 aliphatic rings. The Labute approximate surface area is 151 Å². The summed E-state index contributed by atoms with van der Waals surface area (Å²) in [6, 6.07) is 7.76. The molecule has 0 spiro atoms. The van der Waals surface area contributed by atoms with Crippen molar-refractivity contribution in [3.63, 3.8) is 0 Å². The molecule has 7 heteroatoms. The van der Waals surface area contributed by atoms with Crippen LogP contribution in [-0.2, 0) is 9.59 Å². The Balaban J connectivity index is 1.74. The van der Waals surface area contributed by atoms with E-state index in [2.05, 4.69) is 34.0 Å². The van der Waals surface area contributed by atoms with Crippen molar-refractivity contribution in [3.8, 4) is 0 Å². The van der Waals surface area contributed by atoms with Crippen LogP contribution in [0.4, 0.5) is 5.82 Å². The summed E-state index contributed by atoms with van der Waals surface area (Å²) in [4.78, 5) is 23.9. The van der Waals surface area contributed by atoms with E-state index in [1.807, 2.05) is 20.8 Å². The predicted octanol–water partition coefficient (Wildman–Crippen LogP) is 3.15. The fraction of sp³-hybridized carbons (Fsp3) is 0.389. The number of benzene rings is 1. The maximum atomic E-state index is 12.1. The van der Waals surface area contributed by atoms with Crippen molar-refractivity contribution in [3.05, 3.63) is 46.7 Å². The molecule has 1 unspecified atom stereocenters. The molecular weight excluding hydrogens is 338 g/mol. The number of aryl methyl sites for hydroxylation is 3. The Morgan fingerprint density at radius 1 is 1.16 bits per heavy atom. The van der Waals surface area contributed by atoms with Gasteiger partial charge in [0.2, 0.25) is 11.8 Å². The average Bonchev–Trinajstić information content (AvgIpc) is 2.94. The largest absolute Gasteiger partial charge is 0.360 e. The third-order valence-electron chi connectivity index (χ3n) is 3.64. The molecule has 1 aromatic carbocycles. The van der Waals surface area contributed by atoms with Crippen molar-refractivity contribution in [2.75, 3.05) is 16.8 Å². The minimum Gasteiger partial charge on any atom is -0.360 e. The number of rotatable bonds is 7. The maximum absolute atomic E-state index is 12.1. The van der Waals surface area contributed by atoms with Crippen molar-refractivity contribution in [2.45, 2.75) is 33.7 Å². The predicted molar refractivity (Wildman–Crippen MR) is 99.7 cm³/mol. The number of amides is 2. The first kappa shape index (κ1) is 19.1. The molecule has 0 bridgehead atoms. The molecule has 2 rings (SSSR count). The molecule has 134 valence electrons. The molecule has 1 heterocycles.